The van der Waals surface area contributed by atoms with E-state index in [9.17, 15) is 10.2 Å². The quantitative estimate of drug-likeness (QED) is 0.743. The van der Waals surface area contributed by atoms with Crippen molar-refractivity contribution in [2.45, 2.75) is 38.9 Å². The normalized spacial score (nSPS) is 14.5. The molecule has 1 aromatic rings. The molecule has 0 aromatic carbocycles. The van der Waals surface area contributed by atoms with Crippen LogP contribution in [0, 0.1) is 6.92 Å². The Hall–Kier alpha value is -0.800. The molecular weight excluding hydrogens is 168 g/mol. The third-order valence-corrected chi connectivity index (χ3v) is 2.16. The van der Waals surface area contributed by atoms with E-state index < -0.39 is 11.7 Å². The summed E-state index contributed by atoms with van der Waals surface area (Å²) in [6.45, 7) is 5.07. The van der Waals surface area contributed by atoms with Gasteiger partial charge in [0, 0.05) is 6.42 Å². The van der Waals surface area contributed by atoms with Crippen LogP contribution < -0.4 is 0 Å². The van der Waals surface area contributed by atoms with E-state index in [4.69, 9.17) is 4.42 Å². The standard InChI is InChI=1S/C10H16O3/c1-7-4-5-13-8(7)6-9(11)10(2,3)12/h4-5,9,11-12H,6H2,1-3H3/t9-/m1/s1. The molecule has 13 heavy (non-hydrogen) atoms. The second kappa shape index (κ2) is 3.52. The highest BCUT2D eigenvalue weighted by Crippen LogP contribution is 2.17. The first kappa shape index (κ1) is 10.3. The first-order valence-corrected chi connectivity index (χ1v) is 4.34. The monoisotopic (exact) mass is 184 g/mol. The summed E-state index contributed by atoms with van der Waals surface area (Å²) in [4.78, 5) is 0. The highest BCUT2D eigenvalue weighted by molar-refractivity contribution is 5.15. The van der Waals surface area contributed by atoms with Gasteiger partial charge in [-0.15, -0.1) is 0 Å². The Balaban J connectivity index is 2.65. The van der Waals surface area contributed by atoms with Crippen LogP contribution in [-0.2, 0) is 6.42 Å². The van der Waals surface area contributed by atoms with Crippen LogP contribution in [0.3, 0.4) is 0 Å². The first-order chi connectivity index (χ1) is 5.91. The molecule has 0 aliphatic rings. The molecule has 1 atom stereocenters. The second-order valence-corrected chi connectivity index (χ2v) is 3.90. The minimum absolute atomic E-state index is 0.350. The highest BCUT2D eigenvalue weighted by Gasteiger charge is 2.25. The van der Waals surface area contributed by atoms with E-state index in [2.05, 4.69) is 0 Å². The molecule has 1 aromatic heterocycles. The van der Waals surface area contributed by atoms with Crippen molar-refractivity contribution in [3.8, 4) is 0 Å². The number of hydrogen-bond donors (Lipinski definition) is 2. The zero-order valence-electron chi connectivity index (χ0n) is 8.24. The Morgan fingerprint density at radius 2 is 2.15 bits per heavy atom. The number of aryl methyl sites for hydroxylation is 1. The van der Waals surface area contributed by atoms with Crippen LogP contribution in [0.2, 0.25) is 0 Å². The van der Waals surface area contributed by atoms with Crippen molar-refractivity contribution >= 4 is 0 Å². The Kier molecular flexibility index (Phi) is 2.78. The molecule has 0 unspecified atom stereocenters. The maximum absolute atomic E-state index is 9.57. The zero-order valence-corrected chi connectivity index (χ0v) is 8.24. The highest BCUT2D eigenvalue weighted by atomic mass is 16.3. The van der Waals surface area contributed by atoms with Crippen LogP contribution in [0.5, 0.6) is 0 Å². The van der Waals surface area contributed by atoms with Gasteiger partial charge < -0.3 is 14.6 Å². The molecule has 74 valence electrons. The summed E-state index contributed by atoms with van der Waals surface area (Å²) in [5.41, 5.74) is -0.0810. The Labute approximate surface area is 78.0 Å². The maximum Gasteiger partial charge on any atom is 0.109 e. The van der Waals surface area contributed by atoms with Crippen molar-refractivity contribution in [2.24, 2.45) is 0 Å². The number of rotatable bonds is 3. The topological polar surface area (TPSA) is 53.6 Å². The van der Waals surface area contributed by atoms with Gasteiger partial charge in [-0.3, -0.25) is 0 Å². The lowest BCUT2D eigenvalue weighted by molar-refractivity contribution is -0.0490. The van der Waals surface area contributed by atoms with Crippen molar-refractivity contribution in [1.29, 1.82) is 0 Å². The van der Waals surface area contributed by atoms with E-state index >= 15 is 0 Å². The van der Waals surface area contributed by atoms with Crippen LogP contribution in [0.25, 0.3) is 0 Å². The van der Waals surface area contributed by atoms with Gasteiger partial charge in [-0.2, -0.15) is 0 Å². The van der Waals surface area contributed by atoms with Crippen molar-refractivity contribution in [2.75, 3.05) is 0 Å². The number of hydrogen-bond acceptors (Lipinski definition) is 3. The Morgan fingerprint density at radius 1 is 1.54 bits per heavy atom. The predicted molar refractivity (Wildman–Crippen MR) is 49.5 cm³/mol. The number of aliphatic hydroxyl groups is 2. The van der Waals surface area contributed by atoms with Gasteiger partial charge in [-0.1, -0.05) is 0 Å². The molecule has 0 bridgehead atoms. The Bertz CT molecular complexity index is 270. The zero-order chi connectivity index (χ0) is 10.1. The van der Waals surface area contributed by atoms with Crippen molar-refractivity contribution in [1.82, 2.24) is 0 Å². The van der Waals surface area contributed by atoms with Gasteiger partial charge in [0.05, 0.1) is 18.0 Å². The van der Waals surface area contributed by atoms with Crippen LogP contribution in [0.1, 0.15) is 25.2 Å². The van der Waals surface area contributed by atoms with E-state index in [0.717, 1.165) is 11.3 Å². The van der Waals surface area contributed by atoms with Gasteiger partial charge in [-0.25, -0.2) is 0 Å². The van der Waals surface area contributed by atoms with Gasteiger partial charge in [0.15, 0.2) is 0 Å². The summed E-state index contributed by atoms with van der Waals surface area (Å²) in [7, 11) is 0. The molecule has 0 aliphatic heterocycles. The summed E-state index contributed by atoms with van der Waals surface area (Å²) in [5, 5.41) is 19.1. The summed E-state index contributed by atoms with van der Waals surface area (Å²) in [6, 6.07) is 1.84. The van der Waals surface area contributed by atoms with Crippen molar-refractivity contribution < 1.29 is 14.6 Å². The van der Waals surface area contributed by atoms with Gasteiger partial charge in [0.2, 0.25) is 0 Å². The average Bonchev–Trinajstić information content (AvgIpc) is 2.34. The first-order valence-electron chi connectivity index (χ1n) is 4.34. The smallest absolute Gasteiger partial charge is 0.109 e. The van der Waals surface area contributed by atoms with E-state index in [1.165, 1.54) is 0 Å². The third kappa shape index (κ3) is 2.57. The fraction of sp³-hybridized carbons (Fsp3) is 0.600. The second-order valence-electron chi connectivity index (χ2n) is 3.90. The van der Waals surface area contributed by atoms with Gasteiger partial charge >= 0.3 is 0 Å². The fourth-order valence-corrected chi connectivity index (χ4v) is 1.04. The van der Waals surface area contributed by atoms with E-state index in [0.29, 0.717) is 6.42 Å². The molecule has 0 amide bonds. The maximum atomic E-state index is 9.57. The minimum atomic E-state index is -1.08. The SMILES string of the molecule is Cc1ccoc1C[C@@H](O)C(C)(C)O. The number of aliphatic hydroxyl groups excluding tert-OH is 1. The molecule has 3 nitrogen and oxygen atoms in total. The van der Waals surface area contributed by atoms with Crippen molar-refractivity contribution in [3.63, 3.8) is 0 Å². The third-order valence-electron chi connectivity index (χ3n) is 2.16. The van der Waals surface area contributed by atoms with Crippen LogP contribution >= 0.6 is 0 Å². The van der Waals surface area contributed by atoms with E-state index in [-0.39, 0.29) is 0 Å². The lowest BCUT2D eigenvalue weighted by Gasteiger charge is -2.23. The molecule has 0 fully saturated rings. The summed E-state index contributed by atoms with van der Waals surface area (Å²) < 4.78 is 5.16. The molecule has 0 spiro atoms. The predicted octanol–water partition coefficient (Wildman–Crippen LogP) is 1.26. The lowest BCUT2D eigenvalue weighted by atomic mass is 9.97. The minimum Gasteiger partial charge on any atom is -0.469 e. The molecule has 0 saturated heterocycles. The van der Waals surface area contributed by atoms with Gasteiger partial charge in [0.1, 0.15) is 5.76 Å². The summed E-state index contributed by atoms with van der Waals surface area (Å²) in [5.74, 6) is 0.731. The molecule has 1 heterocycles. The van der Waals surface area contributed by atoms with E-state index in [1.54, 1.807) is 20.1 Å². The molecule has 0 saturated carbocycles. The lowest BCUT2D eigenvalue weighted by Crippen LogP contribution is -2.37. The van der Waals surface area contributed by atoms with Crippen LogP contribution in [0.4, 0.5) is 0 Å². The molecule has 3 heteroatoms. The summed E-state index contributed by atoms with van der Waals surface area (Å²) >= 11 is 0. The van der Waals surface area contributed by atoms with Crippen molar-refractivity contribution in [3.05, 3.63) is 23.7 Å². The number of furan rings is 1. The fourth-order valence-electron chi connectivity index (χ4n) is 1.04. The molecular formula is C10H16O3. The van der Waals surface area contributed by atoms with Crippen LogP contribution in [-0.4, -0.2) is 21.9 Å². The van der Waals surface area contributed by atoms with Gasteiger partial charge in [0.25, 0.3) is 0 Å². The van der Waals surface area contributed by atoms with E-state index in [1.807, 2.05) is 13.0 Å². The Morgan fingerprint density at radius 3 is 2.54 bits per heavy atom. The molecule has 2 N–H and O–H groups in total. The van der Waals surface area contributed by atoms with Gasteiger partial charge in [-0.05, 0) is 32.4 Å². The largest absolute Gasteiger partial charge is 0.469 e. The molecule has 0 radical (unpaired) electrons. The molecule has 0 aliphatic carbocycles. The average molecular weight is 184 g/mol. The molecule has 1 rings (SSSR count). The van der Waals surface area contributed by atoms with Crippen LogP contribution in [0.15, 0.2) is 16.7 Å². The summed E-state index contributed by atoms with van der Waals surface area (Å²) in [6.07, 6.45) is 1.14.